The number of aromatic nitrogens is 1. The minimum absolute atomic E-state index is 0.129. The molecule has 0 spiro atoms. The van der Waals surface area contributed by atoms with E-state index in [1.807, 2.05) is 43.3 Å². The first-order valence-electron chi connectivity index (χ1n) is 14.2. The SMILES string of the molecule is CN(C)c1ccc(/C=C/C=C\C=c2\c(C(F)(F)F)c3c(n(-c4ccc(COO)cc4)c2=O)=NN(c2ccc(COO)cc2)C3=O)cc1. The molecule has 1 amide bonds. The van der Waals surface area contributed by atoms with E-state index in [1.54, 1.807) is 12.2 Å². The first-order valence-corrected chi connectivity index (χ1v) is 14.2. The Kier molecular flexibility index (Phi) is 9.82. The van der Waals surface area contributed by atoms with Crippen molar-refractivity contribution < 1.29 is 38.3 Å². The van der Waals surface area contributed by atoms with Crippen LogP contribution in [0.25, 0.3) is 17.8 Å². The summed E-state index contributed by atoms with van der Waals surface area (Å²) in [6, 6.07) is 19.4. The van der Waals surface area contributed by atoms with E-state index < -0.39 is 39.5 Å². The molecule has 1 aliphatic heterocycles. The second-order valence-electron chi connectivity index (χ2n) is 10.6. The van der Waals surface area contributed by atoms with E-state index in [9.17, 15) is 22.8 Å². The first-order chi connectivity index (χ1) is 22.5. The molecule has 1 aliphatic rings. The Morgan fingerprint density at radius 3 is 1.91 bits per heavy atom. The molecule has 5 rings (SSSR count). The fraction of sp³-hybridized carbons (Fsp3) is 0.147. The molecule has 0 aliphatic carbocycles. The Hall–Kier alpha value is -5.34. The number of allylic oxidation sites excluding steroid dienone is 3. The number of alkyl halides is 3. The summed E-state index contributed by atoms with van der Waals surface area (Å²) in [6.45, 7) is -0.309. The Balaban J connectivity index is 1.67. The van der Waals surface area contributed by atoms with Crippen LogP contribution in [0.2, 0.25) is 0 Å². The second-order valence-corrected chi connectivity index (χ2v) is 10.6. The fourth-order valence-corrected chi connectivity index (χ4v) is 4.98. The number of hydrogen-bond acceptors (Lipinski definition) is 8. The van der Waals surface area contributed by atoms with Gasteiger partial charge in [-0.15, -0.1) is 5.10 Å². The highest BCUT2D eigenvalue weighted by atomic mass is 19.4. The minimum Gasteiger partial charge on any atom is -0.378 e. The van der Waals surface area contributed by atoms with E-state index in [2.05, 4.69) is 14.9 Å². The van der Waals surface area contributed by atoms with E-state index in [1.165, 1.54) is 60.7 Å². The molecule has 1 aromatic heterocycles. The summed E-state index contributed by atoms with van der Waals surface area (Å²) < 4.78 is 45.3. The molecule has 47 heavy (non-hydrogen) atoms. The molecule has 0 radical (unpaired) electrons. The number of carbonyl (C=O) groups excluding carboxylic acids is 1. The van der Waals surface area contributed by atoms with Gasteiger partial charge in [-0.2, -0.15) is 18.2 Å². The zero-order valence-electron chi connectivity index (χ0n) is 25.2. The molecule has 0 saturated heterocycles. The van der Waals surface area contributed by atoms with Crippen LogP contribution < -0.4 is 26.2 Å². The van der Waals surface area contributed by atoms with Crippen molar-refractivity contribution in [2.45, 2.75) is 19.4 Å². The van der Waals surface area contributed by atoms with Crippen molar-refractivity contribution in [3.8, 4) is 5.69 Å². The molecule has 242 valence electrons. The number of benzene rings is 3. The Bertz CT molecular complexity index is 2000. The topological polar surface area (TPSA) is 117 Å². The molecule has 3 aromatic carbocycles. The summed E-state index contributed by atoms with van der Waals surface area (Å²) in [5, 5.41) is 21.8. The zero-order valence-corrected chi connectivity index (χ0v) is 25.2. The normalized spacial score (nSPS) is 13.6. The monoisotopic (exact) mass is 646 g/mol. The van der Waals surface area contributed by atoms with Gasteiger partial charge in [0.1, 0.15) is 13.2 Å². The highest BCUT2D eigenvalue weighted by molar-refractivity contribution is 6.08. The predicted octanol–water partition coefficient (Wildman–Crippen LogP) is 5.15. The number of fused-ring (bicyclic) bond motifs is 1. The van der Waals surface area contributed by atoms with Crippen molar-refractivity contribution >= 4 is 29.4 Å². The van der Waals surface area contributed by atoms with Gasteiger partial charge >= 0.3 is 6.18 Å². The molecule has 0 unspecified atom stereocenters. The van der Waals surface area contributed by atoms with Gasteiger partial charge in [-0.3, -0.25) is 24.7 Å². The van der Waals surface area contributed by atoms with Crippen molar-refractivity contribution in [2.75, 3.05) is 24.0 Å². The van der Waals surface area contributed by atoms with Crippen LogP contribution >= 0.6 is 0 Å². The van der Waals surface area contributed by atoms with E-state index in [-0.39, 0.29) is 24.6 Å². The van der Waals surface area contributed by atoms with Gasteiger partial charge in [-0.25, -0.2) is 9.78 Å². The lowest BCUT2D eigenvalue weighted by molar-refractivity contribution is -0.253. The summed E-state index contributed by atoms with van der Waals surface area (Å²) in [6.07, 6.45) is 2.08. The first kappa shape index (κ1) is 33.0. The molecule has 0 bridgehead atoms. The van der Waals surface area contributed by atoms with Crippen molar-refractivity contribution in [2.24, 2.45) is 5.10 Å². The van der Waals surface area contributed by atoms with Crippen molar-refractivity contribution in [1.29, 1.82) is 0 Å². The third-order valence-corrected chi connectivity index (χ3v) is 7.29. The van der Waals surface area contributed by atoms with Gasteiger partial charge in [0.15, 0.2) is 5.49 Å². The maximum absolute atomic E-state index is 14.8. The van der Waals surface area contributed by atoms with Gasteiger partial charge in [0.05, 0.1) is 27.7 Å². The quantitative estimate of drug-likeness (QED) is 0.139. The van der Waals surface area contributed by atoms with Crippen LogP contribution in [-0.2, 0) is 29.2 Å². The van der Waals surface area contributed by atoms with Gasteiger partial charge in [0, 0.05) is 19.8 Å². The van der Waals surface area contributed by atoms with Gasteiger partial charge in [-0.1, -0.05) is 60.7 Å². The van der Waals surface area contributed by atoms with Crippen LogP contribution in [0.15, 0.2) is 101 Å². The number of anilines is 2. The fourth-order valence-electron chi connectivity index (χ4n) is 4.98. The number of pyridine rings is 1. The van der Waals surface area contributed by atoms with Gasteiger partial charge in [0.25, 0.3) is 11.5 Å². The number of halogens is 3. The summed E-state index contributed by atoms with van der Waals surface area (Å²) >= 11 is 0. The standard InChI is InChI=1S/C34H29F3N4O6/c1-39(2)25-14-8-22(9-15-25)6-4-3-5-7-28-30(34(35,36)37)29-31(40(32(28)42)26-16-10-23(11-17-26)20-46-44)38-41(33(29)43)27-18-12-24(13-19-27)21-47-45/h3-19,44-45H,20-21H2,1-2H3/b5-3-,6-4+,28-7-. The molecule has 4 aromatic rings. The Morgan fingerprint density at radius 1 is 0.809 bits per heavy atom. The third-order valence-electron chi connectivity index (χ3n) is 7.29. The lowest BCUT2D eigenvalue weighted by Crippen LogP contribution is -2.48. The Labute approximate surface area is 266 Å². The van der Waals surface area contributed by atoms with Crippen LogP contribution in [0.3, 0.4) is 0 Å². The van der Waals surface area contributed by atoms with Gasteiger partial charge < -0.3 is 4.90 Å². The molecule has 0 saturated carbocycles. The smallest absolute Gasteiger partial charge is 0.378 e. The molecule has 0 fully saturated rings. The van der Waals surface area contributed by atoms with Crippen LogP contribution in [0.5, 0.6) is 0 Å². The number of amides is 1. The van der Waals surface area contributed by atoms with Crippen molar-refractivity contribution in [3.63, 3.8) is 0 Å². The van der Waals surface area contributed by atoms with Crippen LogP contribution in [0, 0.1) is 0 Å². The number of rotatable bonds is 10. The summed E-state index contributed by atoms with van der Waals surface area (Å²) in [5.74, 6) is -1.09. The number of carbonyl (C=O) groups is 1. The average molecular weight is 647 g/mol. The highest BCUT2D eigenvalue weighted by Crippen LogP contribution is 2.31. The predicted molar refractivity (Wildman–Crippen MR) is 169 cm³/mol. The molecule has 0 atom stereocenters. The molecule has 10 nitrogen and oxygen atoms in total. The van der Waals surface area contributed by atoms with E-state index in [0.29, 0.717) is 11.1 Å². The zero-order chi connectivity index (χ0) is 33.7. The largest absolute Gasteiger partial charge is 0.418 e. The van der Waals surface area contributed by atoms with Crippen LogP contribution in [0.4, 0.5) is 24.5 Å². The lowest BCUT2D eigenvalue weighted by Gasteiger charge is -2.15. The summed E-state index contributed by atoms with van der Waals surface area (Å²) in [4.78, 5) is 37.9. The molecule has 2 N–H and O–H groups in total. The lowest BCUT2D eigenvalue weighted by atomic mass is 10.0. The van der Waals surface area contributed by atoms with Gasteiger partial charge in [-0.05, 0) is 59.2 Å². The maximum atomic E-state index is 14.8. The summed E-state index contributed by atoms with van der Waals surface area (Å²) in [5.41, 5.74) is -0.575. The van der Waals surface area contributed by atoms with E-state index in [4.69, 9.17) is 10.5 Å². The molecular formula is C34H29F3N4O6. The molecular weight excluding hydrogens is 617 g/mol. The van der Waals surface area contributed by atoms with E-state index in [0.717, 1.165) is 26.9 Å². The van der Waals surface area contributed by atoms with Crippen LogP contribution in [0.1, 0.15) is 32.6 Å². The average Bonchev–Trinajstić information content (AvgIpc) is 3.37. The highest BCUT2D eigenvalue weighted by Gasteiger charge is 2.43. The Morgan fingerprint density at radius 2 is 1.38 bits per heavy atom. The van der Waals surface area contributed by atoms with E-state index >= 15 is 0 Å². The number of hydrogen-bond donors (Lipinski definition) is 2. The molecule has 2 heterocycles. The summed E-state index contributed by atoms with van der Waals surface area (Å²) in [7, 11) is 3.83. The number of nitrogens with zero attached hydrogens (tertiary/aromatic N) is 4. The van der Waals surface area contributed by atoms with Crippen molar-refractivity contribution in [3.05, 3.63) is 140 Å². The van der Waals surface area contributed by atoms with Crippen LogP contribution in [-0.4, -0.2) is 35.1 Å². The minimum atomic E-state index is -5.10. The molecule has 13 heteroatoms. The second kappa shape index (κ2) is 14.0. The van der Waals surface area contributed by atoms with Gasteiger partial charge in [0.2, 0.25) is 0 Å². The van der Waals surface area contributed by atoms with Crippen molar-refractivity contribution in [1.82, 2.24) is 4.57 Å². The third kappa shape index (κ3) is 7.08. The maximum Gasteiger partial charge on any atom is 0.418 e.